The van der Waals surface area contributed by atoms with E-state index in [1.807, 2.05) is 83.3 Å². The lowest BCUT2D eigenvalue weighted by Gasteiger charge is -2.08. The van der Waals surface area contributed by atoms with Gasteiger partial charge in [0.2, 0.25) is 0 Å². The number of hydrogen-bond donors (Lipinski definition) is 0. The first-order valence-corrected chi connectivity index (χ1v) is 18.6. The van der Waals surface area contributed by atoms with E-state index < -0.39 is 0 Å². The van der Waals surface area contributed by atoms with Gasteiger partial charge in [-0.1, -0.05) is 103 Å². The third kappa shape index (κ3) is 4.47. The Morgan fingerprint density at radius 3 is 1.59 bits per heavy atom. The van der Waals surface area contributed by atoms with Crippen molar-refractivity contribution in [1.82, 2.24) is 19.5 Å². The molecular formula is C45H26N4S2. The third-order valence-corrected chi connectivity index (χ3v) is 12.2. The first kappa shape index (κ1) is 28.6. The second-order valence-corrected chi connectivity index (χ2v) is 15.0. The SMILES string of the molecule is c1ccc(-c2nc(-c3ccccc3)nc(-c3ccc4sc5c(ccc6sc7ccc(-n8c9ccccc9c9ccccc98)cc7c65)c4c3)n2)cc1. The summed E-state index contributed by atoms with van der Waals surface area (Å²) in [5, 5.41) is 7.65. The van der Waals surface area contributed by atoms with E-state index in [-0.39, 0.29) is 0 Å². The van der Waals surface area contributed by atoms with Gasteiger partial charge in [0.05, 0.1) is 11.0 Å². The predicted octanol–water partition coefficient (Wildman–Crippen LogP) is 12.7. The van der Waals surface area contributed by atoms with Crippen LogP contribution in [-0.2, 0) is 0 Å². The van der Waals surface area contributed by atoms with E-state index in [1.54, 1.807) is 0 Å². The second-order valence-electron chi connectivity index (χ2n) is 12.8. The molecule has 0 spiro atoms. The molecule has 4 aromatic heterocycles. The number of hydrogen-bond acceptors (Lipinski definition) is 5. The molecule has 0 aliphatic heterocycles. The first-order chi connectivity index (χ1) is 25.3. The van der Waals surface area contributed by atoms with Crippen molar-refractivity contribution >= 4 is 84.8 Å². The van der Waals surface area contributed by atoms with Gasteiger partial charge in [0.15, 0.2) is 17.5 Å². The van der Waals surface area contributed by atoms with Crippen LogP contribution in [-0.4, -0.2) is 19.5 Å². The molecule has 0 saturated heterocycles. The van der Waals surface area contributed by atoms with Crippen LogP contribution in [0.5, 0.6) is 0 Å². The highest BCUT2D eigenvalue weighted by Crippen LogP contribution is 2.46. The smallest absolute Gasteiger partial charge is 0.164 e. The second kappa shape index (κ2) is 11.2. The van der Waals surface area contributed by atoms with Crippen LogP contribution in [0.15, 0.2) is 158 Å². The van der Waals surface area contributed by atoms with E-state index in [1.165, 1.54) is 67.8 Å². The molecule has 11 rings (SSSR count). The van der Waals surface area contributed by atoms with Crippen molar-refractivity contribution in [3.63, 3.8) is 0 Å². The Labute approximate surface area is 300 Å². The van der Waals surface area contributed by atoms with E-state index in [2.05, 4.69) is 102 Å². The lowest BCUT2D eigenvalue weighted by Crippen LogP contribution is -2.00. The fraction of sp³-hybridized carbons (Fsp3) is 0. The van der Waals surface area contributed by atoms with Crippen LogP contribution in [0.4, 0.5) is 0 Å². The van der Waals surface area contributed by atoms with Gasteiger partial charge < -0.3 is 4.57 Å². The Kier molecular flexibility index (Phi) is 6.26. The van der Waals surface area contributed by atoms with Gasteiger partial charge in [0.25, 0.3) is 0 Å². The normalized spacial score (nSPS) is 11.9. The minimum absolute atomic E-state index is 0.667. The summed E-state index contributed by atoms with van der Waals surface area (Å²) in [5.74, 6) is 2.00. The molecule has 0 fully saturated rings. The summed E-state index contributed by atoms with van der Waals surface area (Å²) in [6.45, 7) is 0. The van der Waals surface area contributed by atoms with Crippen LogP contribution in [0.2, 0.25) is 0 Å². The van der Waals surface area contributed by atoms with Gasteiger partial charge in [0, 0.05) is 73.5 Å². The Morgan fingerprint density at radius 1 is 0.373 bits per heavy atom. The molecule has 7 aromatic carbocycles. The monoisotopic (exact) mass is 686 g/mol. The van der Waals surface area contributed by atoms with Crippen LogP contribution in [0.3, 0.4) is 0 Å². The van der Waals surface area contributed by atoms with Crippen molar-refractivity contribution in [2.45, 2.75) is 0 Å². The van der Waals surface area contributed by atoms with Crippen molar-refractivity contribution in [2.75, 3.05) is 0 Å². The molecule has 51 heavy (non-hydrogen) atoms. The molecule has 238 valence electrons. The maximum absolute atomic E-state index is 5.01. The highest BCUT2D eigenvalue weighted by molar-refractivity contribution is 7.29. The topological polar surface area (TPSA) is 43.6 Å². The molecule has 0 radical (unpaired) electrons. The Hall–Kier alpha value is -6.21. The molecule has 4 heterocycles. The van der Waals surface area contributed by atoms with Gasteiger partial charge in [0.1, 0.15) is 0 Å². The van der Waals surface area contributed by atoms with Crippen LogP contribution >= 0.6 is 22.7 Å². The molecule has 0 aliphatic rings. The van der Waals surface area contributed by atoms with Crippen molar-refractivity contribution < 1.29 is 0 Å². The Balaban J connectivity index is 1.11. The Bertz CT molecular complexity index is 3030. The van der Waals surface area contributed by atoms with Crippen LogP contribution in [0.25, 0.3) is 102 Å². The molecule has 11 aromatic rings. The number of para-hydroxylation sites is 2. The molecule has 4 nitrogen and oxygen atoms in total. The number of aromatic nitrogens is 4. The van der Waals surface area contributed by atoms with E-state index in [9.17, 15) is 0 Å². The van der Waals surface area contributed by atoms with Crippen LogP contribution in [0, 0.1) is 0 Å². The average molecular weight is 687 g/mol. The molecule has 0 bridgehead atoms. The number of nitrogens with zero attached hydrogens (tertiary/aromatic N) is 4. The summed E-state index contributed by atoms with van der Waals surface area (Å²) in [5.41, 5.74) is 6.53. The standard InChI is InChI=1S/C45H26N4S2/c1-3-11-27(12-4-1)43-46-44(28-13-5-2-6-14-28)48-45(47-43)29-19-22-38-34(25-29)33-21-24-40-41(42(33)51-38)35-26-30(20-23-39(35)50-40)49-36-17-9-7-15-31(36)32-16-8-10-18-37(32)49/h1-26H. The summed E-state index contributed by atoms with van der Waals surface area (Å²) >= 11 is 3.74. The molecule has 0 unspecified atom stereocenters. The van der Waals surface area contributed by atoms with E-state index >= 15 is 0 Å². The molecule has 0 saturated carbocycles. The molecule has 0 amide bonds. The first-order valence-electron chi connectivity index (χ1n) is 16.9. The summed E-state index contributed by atoms with van der Waals surface area (Å²) in [4.78, 5) is 14.9. The number of thiophene rings is 2. The minimum Gasteiger partial charge on any atom is -0.309 e. The van der Waals surface area contributed by atoms with E-state index in [0.717, 1.165) is 16.7 Å². The molecular weight excluding hydrogens is 661 g/mol. The average Bonchev–Trinajstić information content (AvgIpc) is 3.87. The summed E-state index contributed by atoms with van der Waals surface area (Å²) < 4.78 is 7.58. The highest BCUT2D eigenvalue weighted by Gasteiger charge is 2.18. The maximum atomic E-state index is 5.01. The van der Waals surface area contributed by atoms with Crippen LogP contribution in [0.1, 0.15) is 0 Å². The minimum atomic E-state index is 0.667. The van der Waals surface area contributed by atoms with Gasteiger partial charge in [-0.05, 0) is 54.6 Å². The van der Waals surface area contributed by atoms with Gasteiger partial charge in [-0.15, -0.1) is 22.7 Å². The van der Waals surface area contributed by atoms with Gasteiger partial charge in [-0.2, -0.15) is 0 Å². The fourth-order valence-corrected chi connectivity index (χ4v) is 9.90. The van der Waals surface area contributed by atoms with Crippen molar-refractivity contribution in [2.24, 2.45) is 0 Å². The summed E-state index contributed by atoms with van der Waals surface area (Å²) in [6, 6.07) is 55.9. The van der Waals surface area contributed by atoms with Crippen molar-refractivity contribution in [1.29, 1.82) is 0 Å². The summed E-state index contributed by atoms with van der Waals surface area (Å²) in [7, 11) is 0. The molecule has 0 atom stereocenters. The largest absolute Gasteiger partial charge is 0.309 e. The van der Waals surface area contributed by atoms with Crippen molar-refractivity contribution in [3.05, 3.63) is 158 Å². The number of benzene rings is 7. The van der Waals surface area contributed by atoms with Crippen LogP contribution < -0.4 is 0 Å². The highest BCUT2D eigenvalue weighted by atomic mass is 32.1. The summed E-state index contributed by atoms with van der Waals surface area (Å²) in [6.07, 6.45) is 0. The molecule has 6 heteroatoms. The predicted molar refractivity (Wildman–Crippen MR) is 216 cm³/mol. The Morgan fingerprint density at radius 2 is 0.922 bits per heavy atom. The van der Waals surface area contributed by atoms with Gasteiger partial charge in [-0.3, -0.25) is 0 Å². The third-order valence-electron chi connectivity index (χ3n) is 9.85. The lowest BCUT2D eigenvalue weighted by molar-refractivity contribution is 1.07. The van der Waals surface area contributed by atoms with E-state index in [0.29, 0.717) is 17.5 Å². The van der Waals surface area contributed by atoms with E-state index in [4.69, 9.17) is 15.0 Å². The zero-order valence-electron chi connectivity index (χ0n) is 27.1. The van der Waals surface area contributed by atoms with Gasteiger partial charge in [-0.25, -0.2) is 15.0 Å². The zero-order chi connectivity index (χ0) is 33.5. The maximum Gasteiger partial charge on any atom is 0.164 e. The quantitative estimate of drug-likeness (QED) is 0.185. The number of fused-ring (bicyclic) bond motifs is 10. The van der Waals surface area contributed by atoms with Gasteiger partial charge >= 0.3 is 0 Å². The number of rotatable bonds is 4. The van der Waals surface area contributed by atoms with Crippen molar-refractivity contribution in [3.8, 4) is 39.9 Å². The molecule has 0 N–H and O–H groups in total. The molecule has 0 aliphatic carbocycles. The fourth-order valence-electron chi connectivity index (χ4n) is 7.50. The zero-order valence-corrected chi connectivity index (χ0v) is 28.7. The lowest BCUT2D eigenvalue weighted by atomic mass is 10.1.